The van der Waals surface area contributed by atoms with Crippen LogP contribution in [-0.4, -0.2) is 39.4 Å². The molecule has 1 atom stereocenters. The number of fused-ring (bicyclic) bond motifs is 1. The van der Waals surface area contributed by atoms with Gasteiger partial charge in [0.1, 0.15) is 6.10 Å². The van der Waals surface area contributed by atoms with Crippen molar-refractivity contribution < 1.29 is 17.7 Å². The second kappa shape index (κ2) is 6.46. The van der Waals surface area contributed by atoms with Crippen molar-refractivity contribution in [3.63, 3.8) is 0 Å². The van der Waals surface area contributed by atoms with Crippen molar-refractivity contribution >= 4 is 21.5 Å². The first kappa shape index (κ1) is 14.6. The Balaban J connectivity index is 0.000000249. The molecule has 0 saturated heterocycles. The molecule has 17 heavy (non-hydrogen) atoms. The molecule has 1 aromatic rings. The SMILES string of the molecule is CNCC1OCCc2ccsc21.CS(=O)(=O)O. The zero-order valence-corrected chi connectivity index (χ0v) is 11.5. The molecular weight excluding hydrogens is 262 g/mol. The Bertz CT molecular complexity index is 433. The molecule has 98 valence electrons. The molecule has 0 spiro atoms. The molecule has 2 rings (SSSR count). The summed E-state index contributed by atoms with van der Waals surface area (Å²) in [6.07, 6.45) is 2.09. The Labute approximate surface area is 106 Å². The van der Waals surface area contributed by atoms with Crippen LogP contribution < -0.4 is 5.32 Å². The fourth-order valence-corrected chi connectivity index (χ4v) is 2.56. The predicted octanol–water partition coefficient (Wildman–Crippen LogP) is 1.09. The molecule has 1 aliphatic rings. The van der Waals surface area contributed by atoms with Gasteiger partial charge in [-0.1, -0.05) is 0 Å². The third-order valence-corrected chi connectivity index (χ3v) is 3.20. The van der Waals surface area contributed by atoms with Crippen LogP contribution in [0.25, 0.3) is 0 Å². The smallest absolute Gasteiger partial charge is 0.261 e. The Morgan fingerprint density at radius 3 is 2.88 bits per heavy atom. The van der Waals surface area contributed by atoms with E-state index in [4.69, 9.17) is 9.29 Å². The number of hydrogen-bond donors (Lipinski definition) is 2. The molecular formula is C10H17NO4S2. The van der Waals surface area contributed by atoms with Gasteiger partial charge in [-0.25, -0.2) is 0 Å². The molecule has 5 nitrogen and oxygen atoms in total. The Morgan fingerprint density at radius 1 is 1.65 bits per heavy atom. The van der Waals surface area contributed by atoms with Crippen LogP contribution in [0.2, 0.25) is 0 Å². The number of rotatable bonds is 2. The third-order valence-electron chi connectivity index (χ3n) is 2.15. The second-order valence-corrected chi connectivity index (χ2v) is 6.12. The van der Waals surface area contributed by atoms with Gasteiger partial charge in [0.05, 0.1) is 12.9 Å². The van der Waals surface area contributed by atoms with Crippen LogP contribution in [0.5, 0.6) is 0 Å². The van der Waals surface area contributed by atoms with Crippen LogP contribution in [0.15, 0.2) is 11.4 Å². The summed E-state index contributed by atoms with van der Waals surface area (Å²) >= 11 is 1.81. The maximum atomic E-state index is 9.19. The minimum atomic E-state index is -3.67. The van der Waals surface area contributed by atoms with Crippen molar-refractivity contribution in [1.82, 2.24) is 5.32 Å². The van der Waals surface area contributed by atoms with Gasteiger partial charge in [-0.2, -0.15) is 8.42 Å². The number of nitrogens with one attached hydrogen (secondary N) is 1. The zero-order chi connectivity index (χ0) is 12.9. The van der Waals surface area contributed by atoms with E-state index in [0.29, 0.717) is 12.4 Å². The van der Waals surface area contributed by atoms with Crippen molar-refractivity contribution in [2.45, 2.75) is 12.5 Å². The highest BCUT2D eigenvalue weighted by molar-refractivity contribution is 7.85. The van der Waals surface area contributed by atoms with Crippen molar-refractivity contribution in [3.8, 4) is 0 Å². The molecule has 7 heteroatoms. The van der Waals surface area contributed by atoms with E-state index in [1.165, 1.54) is 10.4 Å². The van der Waals surface area contributed by atoms with Gasteiger partial charge in [0.15, 0.2) is 0 Å². The highest BCUT2D eigenvalue weighted by atomic mass is 32.2. The van der Waals surface area contributed by atoms with E-state index in [0.717, 1.165) is 19.6 Å². The highest BCUT2D eigenvalue weighted by Crippen LogP contribution is 2.30. The van der Waals surface area contributed by atoms with Gasteiger partial charge in [0.2, 0.25) is 0 Å². The van der Waals surface area contributed by atoms with E-state index < -0.39 is 10.1 Å². The minimum absolute atomic E-state index is 0.291. The standard InChI is InChI=1S/C9H13NOS.CH4O3S/c1-10-6-8-9-7(2-4-11-8)3-5-12-9;1-5(2,3)4/h3,5,8,10H,2,4,6H2,1H3;1H3,(H,2,3,4). The average molecular weight is 279 g/mol. The summed E-state index contributed by atoms with van der Waals surface area (Å²) in [6.45, 7) is 1.80. The molecule has 2 heterocycles. The van der Waals surface area contributed by atoms with E-state index in [9.17, 15) is 8.42 Å². The number of thiophene rings is 1. The largest absolute Gasteiger partial charge is 0.371 e. The van der Waals surface area contributed by atoms with Gasteiger partial charge < -0.3 is 10.1 Å². The summed E-state index contributed by atoms with van der Waals surface area (Å²) in [5.74, 6) is 0. The first-order valence-electron chi connectivity index (χ1n) is 5.16. The maximum absolute atomic E-state index is 9.19. The molecule has 0 aliphatic carbocycles. The monoisotopic (exact) mass is 279 g/mol. The van der Waals surface area contributed by atoms with Crippen LogP contribution >= 0.6 is 11.3 Å². The van der Waals surface area contributed by atoms with Crippen LogP contribution in [0.1, 0.15) is 16.5 Å². The van der Waals surface area contributed by atoms with Gasteiger partial charge in [-0.15, -0.1) is 11.3 Å². The highest BCUT2D eigenvalue weighted by Gasteiger charge is 2.20. The predicted molar refractivity (Wildman–Crippen MR) is 68.1 cm³/mol. The molecule has 0 radical (unpaired) electrons. The molecule has 1 unspecified atom stereocenters. The molecule has 1 aromatic heterocycles. The topological polar surface area (TPSA) is 75.6 Å². The average Bonchev–Trinajstić information content (AvgIpc) is 2.64. The van der Waals surface area contributed by atoms with Crippen LogP contribution in [0.3, 0.4) is 0 Å². The summed E-state index contributed by atoms with van der Waals surface area (Å²) < 4.78 is 31.5. The van der Waals surface area contributed by atoms with Gasteiger partial charge in [0, 0.05) is 11.4 Å². The van der Waals surface area contributed by atoms with Crippen LogP contribution in [-0.2, 0) is 21.3 Å². The summed E-state index contributed by atoms with van der Waals surface area (Å²) in [7, 11) is -1.70. The van der Waals surface area contributed by atoms with Crippen molar-refractivity contribution in [2.75, 3.05) is 26.5 Å². The van der Waals surface area contributed by atoms with E-state index in [2.05, 4.69) is 16.8 Å². The number of ether oxygens (including phenoxy) is 1. The Kier molecular flexibility index (Phi) is 5.54. The molecule has 0 amide bonds. The van der Waals surface area contributed by atoms with E-state index >= 15 is 0 Å². The maximum Gasteiger partial charge on any atom is 0.261 e. The lowest BCUT2D eigenvalue weighted by molar-refractivity contribution is 0.0469. The summed E-state index contributed by atoms with van der Waals surface area (Å²) in [6, 6.07) is 2.21. The number of likely N-dealkylation sites (N-methyl/N-ethyl adjacent to an activating group) is 1. The normalized spacial score (nSPS) is 19.1. The summed E-state index contributed by atoms with van der Waals surface area (Å²) in [5.41, 5.74) is 1.48. The first-order valence-corrected chi connectivity index (χ1v) is 7.89. The Morgan fingerprint density at radius 2 is 2.29 bits per heavy atom. The zero-order valence-electron chi connectivity index (χ0n) is 9.84. The van der Waals surface area contributed by atoms with Crippen molar-refractivity contribution in [3.05, 3.63) is 21.9 Å². The first-order chi connectivity index (χ1) is 7.92. The fourth-order valence-electron chi connectivity index (χ4n) is 1.56. The molecule has 0 fully saturated rings. The quantitative estimate of drug-likeness (QED) is 0.793. The van der Waals surface area contributed by atoms with Gasteiger partial charge in [-0.05, 0) is 30.5 Å². The second-order valence-electron chi connectivity index (χ2n) is 3.71. The van der Waals surface area contributed by atoms with Crippen molar-refractivity contribution in [1.29, 1.82) is 0 Å². The molecule has 2 N–H and O–H groups in total. The number of hydrogen-bond acceptors (Lipinski definition) is 5. The van der Waals surface area contributed by atoms with Gasteiger partial charge >= 0.3 is 0 Å². The molecule has 0 bridgehead atoms. The van der Waals surface area contributed by atoms with E-state index in [1.54, 1.807) is 0 Å². The van der Waals surface area contributed by atoms with Crippen LogP contribution in [0.4, 0.5) is 0 Å². The Hall–Kier alpha value is -0.470. The van der Waals surface area contributed by atoms with E-state index in [-0.39, 0.29) is 0 Å². The van der Waals surface area contributed by atoms with Gasteiger partial charge in [-0.3, -0.25) is 4.55 Å². The lowest BCUT2D eigenvalue weighted by Crippen LogP contribution is -2.23. The van der Waals surface area contributed by atoms with Crippen LogP contribution in [0, 0.1) is 0 Å². The summed E-state index contributed by atoms with van der Waals surface area (Å²) in [5, 5.41) is 5.30. The lowest BCUT2D eigenvalue weighted by Gasteiger charge is -2.22. The molecule has 0 saturated carbocycles. The summed E-state index contributed by atoms with van der Waals surface area (Å²) in [4.78, 5) is 1.41. The molecule has 0 aromatic carbocycles. The third kappa shape index (κ3) is 5.60. The fraction of sp³-hybridized carbons (Fsp3) is 0.600. The lowest BCUT2D eigenvalue weighted by atomic mass is 10.1. The minimum Gasteiger partial charge on any atom is -0.371 e. The van der Waals surface area contributed by atoms with E-state index in [1.807, 2.05) is 18.4 Å². The van der Waals surface area contributed by atoms with Crippen molar-refractivity contribution in [2.24, 2.45) is 0 Å². The van der Waals surface area contributed by atoms with Gasteiger partial charge in [0.25, 0.3) is 10.1 Å². The molecule has 1 aliphatic heterocycles.